The number of non-ortho nitro benzene ring substituents is 1. The molecule has 0 aliphatic carbocycles. The lowest BCUT2D eigenvalue weighted by Gasteiger charge is -2.18. The van der Waals surface area contributed by atoms with Gasteiger partial charge in [0.05, 0.1) is 23.7 Å². The van der Waals surface area contributed by atoms with Crippen molar-refractivity contribution >= 4 is 17.6 Å². The molecule has 0 amide bonds. The first-order valence-corrected chi connectivity index (χ1v) is 8.08. The number of benzene rings is 2. The second kappa shape index (κ2) is 7.86. The fraction of sp³-hybridized carbons (Fsp3) is 0.263. The van der Waals surface area contributed by atoms with E-state index in [2.05, 4.69) is 0 Å². The molecule has 0 aromatic heterocycles. The highest BCUT2D eigenvalue weighted by Gasteiger charge is 2.28. The van der Waals surface area contributed by atoms with Crippen molar-refractivity contribution in [2.75, 3.05) is 7.11 Å². The maximum absolute atomic E-state index is 12.7. The van der Waals surface area contributed by atoms with E-state index in [9.17, 15) is 24.8 Å². The molecule has 0 aliphatic rings. The number of esters is 2. The zero-order valence-corrected chi connectivity index (χ0v) is 15.3. The van der Waals surface area contributed by atoms with Gasteiger partial charge in [0, 0.05) is 17.7 Å². The lowest BCUT2D eigenvalue weighted by atomic mass is 9.90. The molecule has 2 aromatic carbocycles. The summed E-state index contributed by atoms with van der Waals surface area (Å²) >= 11 is 0. The Morgan fingerprint density at radius 3 is 2.37 bits per heavy atom. The largest absolute Gasteiger partial charge is 0.507 e. The predicted octanol–water partition coefficient (Wildman–Crippen LogP) is 3.63. The van der Waals surface area contributed by atoms with Crippen LogP contribution in [-0.4, -0.2) is 35.2 Å². The van der Waals surface area contributed by atoms with E-state index in [1.165, 1.54) is 30.3 Å². The minimum Gasteiger partial charge on any atom is -0.507 e. The number of phenols is 1. The first-order valence-electron chi connectivity index (χ1n) is 8.08. The minimum absolute atomic E-state index is 0.0219. The van der Waals surface area contributed by atoms with Crippen molar-refractivity contribution in [1.82, 2.24) is 0 Å². The Morgan fingerprint density at radius 1 is 1.15 bits per heavy atom. The summed E-state index contributed by atoms with van der Waals surface area (Å²) < 4.78 is 9.99. The van der Waals surface area contributed by atoms with E-state index in [4.69, 9.17) is 9.47 Å². The number of ether oxygens (including phenoxy) is 2. The lowest BCUT2D eigenvalue weighted by Crippen LogP contribution is -2.16. The number of carbonyl (C=O) groups excluding carboxylic acids is 2. The third kappa shape index (κ3) is 4.05. The van der Waals surface area contributed by atoms with E-state index < -0.39 is 28.7 Å². The van der Waals surface area contributed by atoms with Gasteiger partial charge in [-0.25, -0.2) is 9.59 Å². The molecule has 0 atom stereocenters. The number of hydrogen-bond acceptors (Lipinski definition) is 7. The van der Waals surface area contributed by atoms with Gasteiger partial charge in [-0.15, -0.1) is 0 Å². The molecule has 0 fully saturated rings. The Bertz CT molecular complexity index is 919. The van der Waals surface area contributed by atoms with E-state index in [0.717, 1.165) is 7.11 Å². The lowest BCUT2D eigenvalue weighted by molar-refractivity contribution is -0.384. The summed E-state index contributed by atoms with van der Waals surface area (Å²) in [5.41, 5.74) is 0.120. The Hall–Kier alpha value is -3.42. The van der Waals surface area contributed by atoms with Crippen LogP contribution in [0.15, 0.2) is 30.3 Å². The highest BCUT2D eigenvalue weighted by Crippen LogP contribution is 2.38. The van der Waals surface area contributed by atoms with Gasteiger partial charge in [-0.2, -0.15) is 0 Å². The van der Waals surface area contributed by atoms with E-state index in [1.54, 1.807) is 20.8 Å². The molecule has 0 bridgehead atoms. The van der Waals surface area contributed by atoms with Crippen molar-refractivity contribution in [2.24, 2.45) is 0 Å². The van der Waals surface area contributed by atoms with Crippen LogP contribution >= 0.6 is 0 Å². The van der Waals surface area contributed by atoms with Gasteiger partial charge >= 0.3 is 11.9 Å². The van der Waals surface area contributed by atoms with Crippen molar-refractivity contribution in [3.8, 4) is 16.9 Å². The fourth-order valence-corrected chi connectivity index (χ4v) is 2.71. The van der Waals surface area contributed by atoms with Crippen LogP contribution in [-0.2, 0) is 9.47 Å². The molecule has 0 radical (unpaired) electrons. The average Bonchev–Trinajstić information content (AvgIpc) is 2.59. The maximum atomic E-state index is 12.7. The zero-order chi connectivity index (χ0) is 20.3. The molecule has 2 aromatic rings. The molecule has 0 saturated carbocycles. The Kier molecular flexibility index (Phi) is 5.79. The summed E-state index contributed by atoms with van der Waals surface area (Å²) in [4.78, 5) is 35.5. The number of nitro benzene ring substituents is 1. The monoisotopic (exact) mass is 373 g/mol. The van der Waals surface area contributed by atoms with Crippen molar-refractivity contribution in [1.29, 1.82) is 0 Å². The van der Waals surface area contributed by atoms with Gasteiger partial charge in [-0.3, -0.25) is 10.1 Å². The molecular formula is C19H19NO7. The molecule has 142 valence electrons. The van der Waals surface area contributed by atoms with Crippen molar-refractivity contribution in [3.63, 3.8) is 0 Å². The van der Waals surface area contributed by atoms with Crippen LogP contribution in [0.4, 0.5) is 5.69 Å². The summed E-state index contributed by atoms with van der Waals surface area (Å²) in [5, 5.41) is 21.4. The van der Waals surface area contributed by atoms with Crippen molar-refractivity contribution in [2.45, 2.75) is 26.9 Å². The number of nitro groups is 1. The quantitative estimate of drug-likeness (QED) is 0.483. The van der Waals surface area contributed by atoms with Crippen LogP contribution in [0.3, 0.4) is 0 Å². The molecule has 27 heavy (non-hydrogen) atoms. The fourth-order valence-electron chi connectivity index (χ4n) is 2.71. The number of phenolic OH excluding ortho intramolecular Hbond substituents is 1. The van der Waals surface area contributed by atoms with Crippen molar-refractivity contribution in [3.05, 3.63) is 57.1 Å². The first kappa shape index (κ1) is 19.9. The summed E-state index contributed by atoms with van der Waals surface area (Å²) in [7, 11) is 1.13. The van der Waals surface area contributed by atoms with Crippen LogP contribution in [0, 0.1) is 17.0 Å². The summed E-state index contributed by atoms with van der Waals surface area (Å²) in [6.45, 7) is 4.91. The molecule has 1 N–H and O–H groups in total. The number of aryl methyl sites for hydroxylation is 1. The van der Waals surface area contributed by atoms with E-state index in [1.807, 2.05) is 0 Å². The predicted molar refractivity (Wildman–Crippen MR) is 96.8 cm³/mol. The second-order valence-corrected chi connectivity index (χ2v) is 6.09. The first-order chi connectivity index (χ1) is 12.7. The third-order valence-corrected chi connectivity index (χ3v) is 3.79. The standard InChI is InChI=1S/C19H19NO7/c1-10(2)27-19(23)15-11(3)8-14(21)17(18(22)26-4)16(15)12-6-5-7-13(9-12)20(24)25/h5-10,21H,1-4H3. The van der Waals surface area contributed by atoms with Gasteiger partial charge in [0.15, 0.2) is 0 Å². The second-order valence-electron chi connectivity index (χ2n) is 6.09. The van der Waals surface area contributed by atoms with Crippen LogP contribution in [0.5, 0.6) is 5.75 Å². The molecule has 8 nitrogen and oxygen atoms in total. The number of methoxy groups -OCH3 is 1. The summed E-state index contributed by atoms with van der Waals surface area (Å²) in [5.74, 6) is -2.00. The van der Waals surface area contributed by atoms with E-state index in [0.29, 0.717) is 5.56 Å². The molecule has 2 rings (SSSR count). The highest BCUT2D eigenvalue weighted by molar-refractivity contribution is 6.08. The van der Waals surface area contributed by atoms with Gasteiger partial charge in [0.1, 0.15) is 11.3 Å². The smallest absolute Gasteiger partial charge is 0.342 e. The van der Waals surface area contributed by atoms with Crippen LogP contribution in [0.25, 0.3) is 11.1 Å². The topological polar surface area (TPSA) is 116 Å². The number of nitrogens with zero attached hydrogens (tertiary/aromatic N) is 1. The number of carbonyl (C=O) groups is 2. The molecule has 0 aliphatic heterocycles. The van der Waals surface area contributed by atoms with E-state index >= 15 is 0 Å². The SMILES string of the molecule is COC(=O)c1c(O)cc(C)c(C(=O)OC(C)C)c1-c1cccc([N+](=O)[O-])c1. The molecule has 0 unspecified atom stereocenters. The molecule has 8 heteroatoms. The summed E-state index contributed by atoms with van der Waals surface area (Å²) in [6, 6.07) is 6.67. The number of aromatic hydroxyl groups is 1. The van der Waals surface area contributed by atoms with Crippen LogP contribution in [0.2, 0.25) is 0 Å². The molecule has 0 spiro atoms. The van der Waals surface area contributed by atoms with Gasteiger partial charge in [-0.1, -0.05) is 12.1 Å². The van der Waals surface area contributed by atoms with Gasteiger partial charge in [-0.05, 0) is 38.0 Å². The number of rotatable bonds is 5. The van der Waals surface area contributed by atoms with Gasteiger partial charge in [0.2, 0.25) is 0 Å². The Morgan fingerprint density at radius 2 is 1.81 bits per heavy atom. The normalized spacial score (nSPS) is 10.6. The number of hydrogen-bond donors (Lipinski definition) is 1. The molecule has 0 heterocycles. The Labute approximate surface area is 155 Å². The zero-order valence-electron chi connectivity index (χ0n) is 15.3. The average molecular weight is 373 g/mol. The molecular weight excluding hydrogens is 354 g/mol. The maximum Gasteiger partial charge on any atom is 0.342 e. The van der Waals surface area contributed by atoms with Crippen LogP contribution in [0.1, 0.15) is 40.1 Å². The highest BCUT2D eigenvalue weighted by atomic mass is 16.6. The minimum atomic E-state index is -0.882. The molecule has 0 saturated heterocycles. The Balaban J connectivity index is 2.89. The van der Waals surface area contributed by atoms with Crippen LogP contribution < -0.4 is 0 Å². The van der Waals surface area contributed by atoms with Gasteiger partial charge < -0.3 is 14.6 Å². The van der Waals surface area contributed by atoms with Gasteiger partial charge in [0.25, 0.3) is 5.69 Å². The van der Waals surface area contributed by atoms with Crippen molar-refractivity contribution < 1.29 is 29.1 Å². The summed E-state index contributed by atoms with van der Waals surface area (Å²) in [6.07, 6.45) is -0.426. The third-order valence-electron chi connectivity index (χ3n) is 3.79. The van der Waals surface area contributed by atoms with E-state index in [-0.39, 0.29) is 27.9 Å².